The minimum absolute atomic E-state index is 0.198. The Kier molecular flexibility index (Phi) is 8.12. The first-order valence-corrected chi connectivity index (χ1v) is 9.26. The summed E-state index contributed by atoms with van der Waals surface area (Å²) >= 11 is 0. The van der Waals surface area contributed by atoms with Gasteiger partial charge in [0.05, 0.1) is 6.61 Å². The van der Waals surface area contributed by atoms with E-state index in [0.29, 0.717) is 6.54 Å². The molecular weight excluding hydrogens is 292 g/mol. The number of likely N-dealkylation sites (N-methyl/N-ethyl adjacent to an activating group) is 1. The number of likely N-dealkylation sites (tertiary alicyclic amines) is 1. The molecule has 2 rings (SSSR count). The second kappa shape index (κ2) is 10.1. The molecule has 0 bridgehead atoms. The largest absolute Gasteiger partial charge is 0.395 e. The van der Waals surface area contributed by atoms with Crippen molar-refractivity contribution in [3.05, 3.63) is 0 Å². The molecule has 2 saturated heterocycles. The summed E-state index contributed by atoms with van der Waals surface area (Å²) in [7, 11) is 2.01. The highest BCUT2D eigenvalue weighted by Crippen LogP contribution is 2.12. The highest BCUT2D eigenvalue weighted by atomic mass is 16.3. The van der Waals surface area contributed by atoms with E-state index >= 15 is 0 Å². The molecule has 0 spiro atoms. The lowest BCUT2D eigenvalue weighted by Crippen LogP contribution is -2.36. The number of carbonyl (C=O) groups excluding carboxylic acids is 1. The molecule has 2 amide bonds. The summed E-state index contributed by atoms with van der Waals surface area (Å²) in [6.45, 7) is 8.92. The number of nitrogens with zero attached hydrogens (tertiary/aromatic N) is 4. The van der Waals surface area contributed by atoms with Gasteiger partial charge in [0.25, 0.3) is 0 Å². The first kappa shape index (κ1) is 18.5. The second-order valence-electron chi connectivity index (χ2n) is 6.89. The maximum absolute atomic E-state index is 12.4. The summed E-state index contributed by atoms with van der Waals surface area (Å²) in [5.74, 6) is 0. The van der Waals surface area contributed by atoms with Crippen molar-refractivity contribution in [1.29, 1.82) is 0 Å². The van der Waals surface area contributed by atoms with Gasteiger partial charge in [0, 0.05) is 32.7 Å². The van der Waals surface area contributed by atoms with Crippen LogP contribution in [0.1, 0.15) is 32.1 Å². The standard InChI is InChI=1S/C17H34N4O2/c1-18(15-16-22)7-5-11-20-13-14-21(17(20)23)12-6-10-19-8-3-2-4-9-19/h22H,2-16H2,1H3. The predicted molar refractivity (Wildman–Crippen MR) is 92.6 cm³/mol. The molecule has 6 nitrogen and oxygen atoms in total. The number of aliphatic hydroxyl groups excluding tert-OH is 1. The average molecular weight is 326 g/mol. The number of carbonyl (C=O) groups is 1. The molecule has 0 aliphatic carbocycles. The third-order valence-electron chi connectivity index (χ3n) is 4.98. The van der Waals surface area contributed by atoms with Crippen LogP contribution in [0.2, 0.25) is 0 Å². The molecule has 23 heavy (non-hydrogen) atoms. The molecule has 2 aliphatic heterocycles. The number of piperidine rings is 1. The summed E-state index contributed by atoms with van der Waals surface area (Å²) in [6.07, 6.45) is 6.12. The lowest BCUT2D eigenvalue weighted by atomic mass is 10.1. The maximum Gasteiger partial charge on any atom is 0.320 e. The van der Waals surface area contributed by atoms with E-state index in [-0.39, 0.29) is 12.6 Å². The van der Waals surface area contributed by atoms with Crippen molar-refractivity contribution >= 4 is 6.03 Å². The van der Waals surface area contributed by atoms with Gasteiger partial charge >= 0.3 is 6.03 Å². The summed E-state index contributed by atoms with van der Waals surface area (Å²) in [5.41, 5.74) is 0. The van der Waals surface area contributed by atoms with Crippen molar-refractivity contribution in [1.82, 2.24) is 19.6 Å². The van der Waals surface area contributed by atoms with E-state index < -0.39 is 0 Å². The third kappa shape index (κ3) is 6.28. The van der Waals surface area contributed by atoms with E-state index in [4.69, 9.17) is 5.11 Å². The zero-order valence-electron chi connectivity index (χ0n) is 14.8. The molecule has 0 atom stereocenters. The van der Waals surface area contributed by atoms with E-state index in [9.17, 15) is 4.79 Å². The van der Waals surface area contributed by atoms with Gasteiger partial charge in [0.1, 0.15) is 0 Å². The van der Waals surface area contributed by atoms with Crippen LogP contribution < -0.4 is 0 Å². The van der Waals surface area contributed by atoms with Gasteiger partial charge in [-0.1, -0.05) is 6.42 Å². The van der Waals surface area contributed by atoms with Crippen molar-refractivity contribution in [2.24, 2.45) is 0 Å². The van der Waals surface area contributed by atoms with Crippen LogP contribution in [0.15, 0.2) is 0 Å². The Balaban J connectivity index is 1.58. The summed E-state index contributed by atoms with van der Waals surface area (Å²) in [6, 6.07) is 0.216. The van der Waals surface area contributed by atoms with E-state index in [1.165, 1.54) is 32.4 Å². The molecule has 0 aromatic carbocycles. The van der Waals surface area contributed by atoms with Gasteiger partial charge in [0.15, 0.2) is 0 Å². The Bertz CT molecular complexity index is 347. The molecule has 2 aliphatic rings. The highest BCUT2D eigenvalue weighted by Gasteiger charge is 2.27. The number of rotatable bonds is 10. The highest BCUT2D eigenvalue weighted by molar-refractivity contribution is 5.76. The van der Waals surface area contributed by atoms with E-state index in [2.05, 4.69) is 9.80 Å². The van der Waals surface area contributed by atoms with Gasteiger partial charge < -0.3 is 24.7 Å². The quantitative estimate of drug-likeness (QED) is 0.648. The van der Waals surface area contributed by atoms with Gasteiger partial charge in [-0.05, 0) is 58.9 Å². The summed E-state index contributed by atoms with van der Waals surface area (Å²) in [4.78, 5) is 21.0. The first-order valence-electron chi connectivity index (χ1n) is 9.26. The van der Waals surface area contributed by atoms with Crippen molar-refractivity contribution < 1.29 is 9.90 Å². The number of aliphatic hydroxyl groups is 1. The molecule has 134 valence electrons. The van der Waals surface area contributed by atoms with Crippen molar-refractivity contribution in [2.75, 3.05) is 72.6 Å². The van der Waals surface area contributed by atoms with Crippen molar-refractivity contribution in [2.45, 2.75) is 32.1 Å². The second-order valence-corrected chi connectivity index (χ2v) is 6.89. The molecule has 0 aromatic rings. The lowest BCUT2D eigenvalue weighted by molar-refractivity contribution is 0.180. The maximum atomic E-state index is 12.4. The van der Waals surface area contributed by atoms with Gasteiger partial charge in [-0.25, -0.2) is 4.79 Å². The van der Waals surface area contributed by atoms with Crippen LogP contribution in [0, 0.1) is 0 Å². The minimum Gasteiger partial charge on any atom is -0.395 e. The molecule has 0 aromatic heterocycles. The number of urea groups is 1. The normalized spacial score (nSPS) is 20.0. The average Bonchev–Trinajstić information content (AvgIpc) is 2.90. The molecule has 0 saturated carbocycles. The molecule has 1 N–H and O–H groups in total. The molecule has 0 unspecified atom stereocenters. The van der Waals surface area contributed by atoms with Crippen molar-refractivity contribution in [3.63, 3.8) is 0 Å². The zero-order valence-corrected chi connectivity index (χ0v) is 14.8. The fraction of sp³-hybridized carbons (Fsp3) is 0.941. The molecule has 6 heteroatoms. The van der Waals surface area contributed by atoms with Gasteiger partial charge in [0.2, 0.25) is 0 Å². The topological polar surface area (TPSA) is 50.3 Å². The molecule has 2 heterocycles. The Morgan fingerprint density at radius 3 is 2.22 bits per heavy atom. The number of hydrogen-bond donors (Lipinski definition) is 1. The van der Waals surface area contributed by atoms with Crippen LogP contribution in [0.25, 0.3) is 0 Å². The Morgan fingerprint density at radius 1 is 0.913 bits per heavy atom. The van der Waals surface area contributed by atoms with Crippen LogP contribution >= 0.6 is 0 Å². The molecular formula is C17H34N4O2. The SMILES string of the molecule is CN(CCO)CCCN1CCN(CCCN2CCCCC2)C1=O. The van der Waals surface area contributed by atoms with Crippen LogP contribution in [-0.2, 0) is 0 Å². The van der Waals surface area contributed by atoms with Crippen LogP contribution in [0.3, 0.4) is 0 Å². The van der Waals surface area contributed by atoms with Gasteiger partial charge in [-0.2, -0.15) is 0 Å². The summed E-state index contributed by atoms with van der Waals surface area (Å²) < 4.78 is 0. The van der Waals surface area contributed by atoms with E-state index in [1.54, 1.807) is 0 Å². The molecule has 0 radical (unpaired) electrons. The van der Waals surface area contributed by atoms with Gasteiger partial charge in [-0.3, -0.25) is 0 Å². The van der Waals surface area contributed by atoms with Crippen LogP contribution in [0.5, 0.6) is 0 Å². The van der Waals surface area contributed by atoms with Crippen LogP contribution in [0.4, 0.5) is 4.79 Å². The van der Waals surface area contributed by atoms with Gasteiger partial charge in [-0.15, -0.1) is 0 Å². The fourth-order valence-corrected chi connectivity index (χ4v) is 3.53. The van der Waals surface area contributed by atoms with E-state index in [1.807, 2.05) is 16.8 Å². The van der Waals surface area contributed by atoms with Crippen LogP contribution in [-0.4, -0.2) is 103 Å². The summed E-state index contributed by atoms with van der Waals surface area (Å²) in [5, 5.41) is 8.88. The predicted octanol–water partition coefficient (Wildman–Crippen LogP) is 0.914. The Labute approximate surface area is 141 Å². The number of hydrogen-bond acceptors (Lipinski definition) is 4. The first-order chi connectivity index (χ1) is 11.2. The third-order valence-corrected chi connectivity index (χ3v) is 4.98. The number of amides is 2. The molecule has 2 fully saturated rings. The lowest BCUT2D eigenvalue weighted by Gasteiger charge is -2.27. The zero-order chi connectivity index (χ0) is 16.5. The van der Waals surface area contributed by atoms with E-state index in [0.717, 1.165) is 52.1 Å². The monoisotopic (exact) mass is 326 g/mol. The minimum atomic E-state index is 0.198. The van der Waals surface area contributed by atoms with Crippen molar-refractivity contribution in [3.8, 4) is 0 Å². The fourth-order valence-electron chi connectivity index (χ4n) is 3.53. The smallest absolute Gasteiger partial charge is 0.320 e. The Hall–Kier alpha value is -0.850. The Morgan fingerprint density at radius 2 is 1.57 bits per heavy atom.